The summed E-state index contributed by atoms with van der Waals surface area (Å²) in [7, 11) is -2.08. The predicted molar refractivity (Wildman–Crippen MR) is 99.3 cm³/mol. The van der Waals surface area contributed by atoms with Crippen molar-refractivity contribution in [2.45, 2.75) is 18.7 Å². The first-order chi connectivity index (χ1) is 12.2. The zero-order valence-electron chi connectivity index (χ0n) is 14.5. The minimum atomic E-state index is -3.87. The van der Waals surface area contributed by atoms with Crippen molar-refractivity contribution in [3.05, 3.63) is 58.1 Å². The molecule has 0 atom stereocenters. The van der Waals surface area contributed by atoms with Gasteiger partial charge in [-0.1, -0.05) is 11.3 Å². The van der Waals surface area contributed by atoms with Gasteiger partial charge in [0.1, 0.15) is 11.6 Å². The van der Waals surface area contributed by atoms with Crippen LogP contribution in [0.25, 0.3) is 10.2 Å². The largest absolute Gasteiger partial charge is 0.319 e. The van der Waals surface area contributed by atoms with Crippen molar-refractivity contribution in [3.8, 4) is 0 Å². The van der Waals surface area contributed by atoms with E-state index in [-0.39, 0.29) is 4.90 Å². The molecule has 0 bridgehead atoms. The summed E-state index contributed by atoms with van der Waals surface area (Å²) in [6.45, 7) is 4.01. The number of aryl methyl sites for hydroxylation is 3. The van der Waals surface area contributed by atoms with Crippen LogP contribution in [0.4, 0.5) is 4.39 Å². The first-order valence-electron chi connectivity index (χ1n) is 7.80. The Balaban J connectivity index is 1.95. The maximum absolute atomic E-state index is 12.9. The van der Waals surface area contributed by atoms with E-state index in [9.17, 15) is 17.6 Å². The highest BCUT2D eigenvalue weighted by atomic mass is 32.2. The van der Waals surface area contributed by atoms with Crippen LogP contribution in [0.3, 0.4) is 0 Å². The van der Waals surface area contributed by atoms with Gasteiger partial charge in [-0.2, -0.15) is 4.99 Å². The number of carbonyl (C=O) groups is 1. The van der Waals surface area contributed by atoms with Gasteiger partial charge in [0.2, 0.25) is 0 Å². The topological polar surface area (TPSA) is 68.5 Å². The van der Waals surface area contributed by atoms with Crippen LogP contribution in [-0.4, -0.2) is 24.6 Å². The summed E-state index contributed by atoms with van der Waals surface area (Å²) >= 11 is 1.33. The molecular formula is C18H17FN2O3S2. The van der Waals surface area contributed by atoms with E-state index in [4.69, 9.17) is 0 Å². The molecule has 0 aliphatic carbocycles. The van der Waals surface area contributed by atoms with Gasteiger partial charge in [0.25, 0.3) is 5.91 Å². The lowest BCUT2D eigenvalue weighted by molar-refractivity contribution is -0.115. The van der Waals surface area contributed by atoms with Crippen molar-refractivity contribution in [1.82, 2.24) is 4.57 Å². The zero-order chi connectivity index (χ0) is 19.1. The van der Waals surface area contributed by atoms with Crippen molar-refractivity contribution in [2.24, 2.45) is 12.0 Å². The number of fused-ring (bicyclic) bond motifs is 1. The second-order valence-corrected chi connectivity index (χ2v) is 9.07. The summed E-state index contributed by atoms with van der Waals surface area (Å²) in [6, 6.07) is 8.41. The summed E-state index contributed by atoms with van der Waals surface area (Å²) in [5.41, 5.74) is 3.20. The number of sulfone groups is 1. The number of halogens is 1. The lowest BCUT2D eigenvalue weighted by Crippen LogP contribution is -2.19. The van der Waals surface area contributed by atoms with E-state index < -0.39 is 27.3 Å². The number of benzene rings is 2. The van der Waals surface area contributed by atoms with Gasteiger partial charge in [0, 0.05) is 7.05 Å². The monoisotopic (exact) mass is 392 g/mol. The maximum Gasteiger partial charge on any atom is 0.263 e. The van der Waals surface area contributed by atoms with Crippen molar-refractivity contribution in [3.63, 3.8) is 0 Å². The minimum Gasteiger partial charge on any atom is -0.319 e. The first kappa shape index (κ1) is 18.5. The molecule has 0 fully saturated rings. The fourth-order valence-electron chi connectivity index (χ4n) is 2.51. The average molecular weight is 392 g/mol. The highest BCUT2D eigenvalue weighted by Gasteiger charge is 2.19. The molecule has 0 saturated carbocycles. The Hall–Kier alpha value is -2.32. The Morgan fingerprint density at radius 2 is 1.77 bits per heavy atom. The van der Waals surface area contributed by atoms with Crippen molar-refractivity contribution < 1.29 is 17.6 Å². The van der Waals surface area contributed by atoms with E-state index in [1.807, 2.05) is 26.0 Å². The van der Waals surface area contributed by atoms with Crippen molar-refractivity contribution in [1.29, 1.82) is 0 Å². The Kier molecular flexibility index (Phi) is 4.81. The van der Waals surface area contributed by atoms with E-state index in [0.29, 0.717) is 4.80 Å². The molecule has 26 heavy (non-hydrogen) atoms. The van der Waals surface area contributed by atoms with E-state index in [1.54, 1.807) is 11.6 Å². The first-order valence-corrected chi connectivity index (χ1v) is 10.3. The van der Waals surface area contributed by atoms with Gasteiger partial charge in [-0.05, 0) is 61.4 Å². The molecule has 3 aromatic rings. The number of carbonyl (C=O) groups excluding carboxylic acids is 1. The molecule has 5 nitrogen and oxygen atoms in total. The van der Waals surface area contributed by atoms with Gasteiger partial charge < -0.3 is 4.57 Å². The van der Waals surface area contributed by atoms with Gasteiger partial charge in [-0.25, -0.2) is 12.8 Å². The molecule has 1 heterocycles. The molecule has 1 amide bonds. The number of nitrogens with zero attached hydrogens (tertiary/aromatic N) is 2. The predicted octanol–water partition coefficient (Wildman–Crippen LogP) is 2.90. The van der Waals surface area contributed by atoms with Crippen LogP contribution >= 0.6 is 11.3 Å². The second kappa shape index (κ2) is 6.77. The molecule has 2 aromatic carbocycles. The summed E-state index contributed by atoms with van der Waals surface area (Å²) in [6.07, 6.45) is 0. The molecule has 1 aromatic heterocycles. The van der Waals surface area contributed by atoms with Gasteiger partial charge in [0.15, 0.2) is 14.6 Å². The molecule has 0 N–H and O–H groups in total. The quantitative estimate of drug-likeness (QED) is 0.644. The van der Waals surface area contributed by atoms with Crippen molar-refractivity contribution in [2.75, 3.05) is 5.75 Å². The van der Waals surface area contributed by atoms with Crippen LogP contribution in [-0.2, 0) is 21.7 Å². The Morgan fingerprint density at radius 3 is 2.42 bits per heavy atom. The summed E-state index contributed by atoms with van der Waals surface area (Å²) in [4.78, 5) is 16.5. The standard InChI is InChI=1S/C18H17FN2O3S2/c1-11-8-15-16(9-12(11)2)25-18(21(15)3)20-17(22)10-26(23,24)14-6-4-13(19)5-7-14/h4-9H,10H2,1-3H3. The highest BCUT2D eigenvalue weighted by Crippen LogP contribution is 2.21. The van der Waals surface area contributed by atoms with E-state index in [2.05, 4.69) is 4.99 Å². The lowest BCUT2D eigenvalue weighted by Gasteiger charge is -2.02. The van der Waals surface area contributed by atoms with Crippen LogP contribution in [0.2, 0.25) is 0 Å². The van der Waals surface area contributed by atoms with Gasteiger partial charge in [-0.15, -0.1) is 0 Å². The third-order valence-corrected chi connectivity index (χ3v) is 6.84. The maximum atomic E-state index is 12.9. The molecule has 0 saturated heterocycles. The van der Waals surface area contributed by atoms with Gasteiger partial charge in [0.05, 0.1) is 15.1 Å². The van der Waals surface area contributed by atoms with Crippen LogP contribution in [0.1, 0.15) is 11.1 Å². The molecular weight excluding hydrogens is 375 g/mol. The van der Waals surface area contributed by atoms with E-state index in [0.717, 1.165) is 45.6 Å². The minimum absolute atomic E-state index is 0.102. The van der Waals surface area contributed by atoms with Crippen molar-refractivity contribution >= 4 is 37.3 Å². The fourth-order valence-corrected chi connectivity index (χ4v) is 4.74. The SMILES string of the molecule is Cc1cc2sc(=NC(=O)CS(=O)(=O)c3ccc(F)cc3)n(C)c2cc1C. The number of hydrogen-bond acceptors (Lipinski definition) is 4. The molecule has 0 spiro atoms. The second-order valence-electron chi connectivity index (χ2n) is 6.07. The number of amides is 1. The highest BCUT2D eigenvalue weighted by molar-refractivity contribution is 7.92. The normalized spacial score (nSPS) is 12.7. The summed E-state index contributed by atoms with van der Waals surface area (Å²) < 4.78 is 40.3. The lowest BCUT2D eigenvalue weighted by atomic mass is 10.1. The Labute approximate surface area is 154 Å². The Bertz CT molecular complexity index is 1170. The summed E-state index contributed by atoms with van der Waals surface area (Å²) in [5, 5.41) is 0. The third-order valence-electron chi connectivity index (χ3n) is 4.13. The van der Waals surface area contributed by atoms with Crippen LogP contribution in [0.5, 0.6) is 0 Å². The number of rotatable bonds is 3. The fraction of sp³-hybridized carbons (Fsp3) is 0.222. The number of aromatic nitrogens is 1. The number of hydrogen-bond donors (Lipinski definition) is 0. The zero-order valence-corrected chi connectivity index (χ0v) is 16.1. The molecule has 3 rings (SSSR count). The molecule has 0 aliphatic rings. The average Bonchev–Trinajstić information content (AvgIpc) is 2.83. The molecule has 8 heteroatoms. The van der Waals surface area contributed by atoms with Crippen LogP contribution < -0.4 is 4.80 Å². The number of thiazole rings is 1. The molecule has 0 radical (unpaired) electrons. The van der Waals surface area contributed by atoms with E-state index >= 15 is 0 Å². The van der Waals surface area contributed by atoms with Crippen LogP contribution in [0.15, 0.2) is 46.3 Å². The molecule has 0 unspecified atom stereocenters. The summed E-state index contributed by atoms with van der Waals surface area (Å²) in [5.74, 6) is -2.06. The smallest absolute Gasteiger partial charge is 0.263 e. The van der Waals surface area contributed by atoms with Crippen LogP contribution in [0, 0.1) is 19.7 Å². The Morgan fingerprint density at radius 1 is 1.15 bits per heavy atom. The molecule has 0 aliphatic heterocycles. The van der Waals surface area contributed by atoms with Gasteiger partial charge in [-0.3, -0.25) is 4.79 Å². The molecule has 136 valence electrons. The van der Waals surface area contributed by atoms with Gasteiger partial charge >= 0.3 is 0 Å². The van der Waals surface area contributed by atoms with E-state index in [1.165, 1.54) is 11.3 Å². The third kappa shape index (κ3) is 3.61.